The first-order valence-electron chi connectivity index (χ1n) is 5.53. The van der Waals surface area contributed by atoms with Crippen LogP contribution in [-0.2, 0) is 0 Å². The van der Waals surface area contributed by atoms with E-state index in [-0.39, 0.29) is 11.5 Å². The zero-order valence-corrected chi connectivity index (χ0v) is 11.7. The Kier molecular flexibility index (Phi) is 3.71. The summed E-state index contributed by atoms with van der Waals surface area (Å²) in [5.41, 5.74) is 7.88. The van der Waals surface area contributed by atoms with E-state index in [9.17, 15) is 9.59 Å². The molecule has 1 amide bonds. The molecule has 0 aliphatic heterocycles. The van der Waals surface area contributed by atoms with Crippen LogP contribution < -0.4 is 16.6 Å². The molecular formula is C13H12BrN3O2. The Morgan fingerprint density at radius 3 is 2.68 bits per heavy atom. The molecule has 4 N–H and O–H groups in total. The molecule has 0 aliphatic carbocycles. The average Bonchev–Trinajstić information content (AvgIpc) is 2.34. The Hall–Kier alpha value is -2.08. The molecule has 0 spiro atoms. The maximum Gasteiger partial charge on any atom is 0.257 e. The topological polar surface area (TPSA) is 88.0 Å². The molecule has 0 bridgehead atoms. The molecule has 6 heteroatoms. The third kappa shape index (κ3) is 3.03. The lowest BCUT2D eigenvalue weighted by atomic mass is 10.1. The van der Waals surface area contributed by atoms with Crippen LogP contribution in [0.25, 0.3) is 0 Å². The second kappa shape index (κ2) is 5.27. The Labute approximate surface area is 118 Å². The fourth-order valence-corrected chi connectivity index (χ4v) is 2.27. The van der Waals surface area contributed by atoms with Crippen LogP contribution in [0.5, 0.6) is 0 Å². The maximum absolute atomic E-state index is 12.0. The van der Waals surface area contributed by atoms with Gasteiger partial charge < -0.3 is 16.0 Å². The molecule has 2 rings (SSSR count). The van der Waals surface area contributed by atoms with Crippen molar-refractivity contribution in [2.75, 3.05) is 11.1 Å². The summed E-state index contributed by atoms with van der Waals surface area (Å²) in [6.07, 6.45) is 1.36. The van der Waals surface area contributed by atoms with Crippen molar-refractivity contribution < 1.29 is 4.79 Å². The number of rotatable bonds is 2. The summed E-state index contributed by atoms with van der Waals surface area (Å²) in [6, 6.07) is 6.33. The summed E-state index contributed by atoms with van der Waals surface area (Å²) >= 11 is 3.33. The Morgan fingerprint density at radius 2 is 2.11 bits per heavy atom. The van der Waals surface area contributed by atoms with Gasteiger partial charge in [-0.25, -0.2) is 0 Å². The summed E-state index contributed by atoms with van der Waals surface area (Å²) in [6.45, 7) is 1.85. The number of benzene rings is 1. The smallest absolute Gasteiger partial charge is 0.257 e. The van der Waals surface area contributed by atoms with E-state index in [0.717, 1.165) is 10.0 Å². The number of nitrogens with one attached hydrogen (secondary N) is 2. The van der Waals surface area contributed by atoms with E-state index in [1.165, 1.54) is 18.3 Å². The van der Waals surface area contributed by atoms with Crippen LogP contribution in [0.4, 0.5) is 11.4 Å². The van der Waals surface area contributed by atoms with Gasteiger partial charge in [0.2, 0.25) is 5.56 Å². The van der Waals surface area contributed by atoms with Gasteiger partial charge in [-0.3, -0.25) is 9.59 Å². The number of carbonyl (C=O) groups excluding carboxylic acids is 1. The van der Waals surface area contributed by atoms with Crippen LogP contribution in [0.15, 0.2) is 39.7 Å². The predicted molar refractivity (Wildman–Crippen MR) is 78.3 cm³/mol. The van der Waals surface area contributed by atoms with Gasteiger partial charge >= 0.3 is 0 Å². The van der Waals surface area contributed by atoms with Crippen molar-refractivity contribution in [3.63, 3.8) is 0 Å². The molecule has 1 heterocycles. The molecule has 0 unspecified atom stereocenters. The Morgan fingerprint density at radius 1 is 1.37 bits per heavy atom. The number of nitrogen functional groups attached to an aromatic ring is 1. The molecule has 0 atom stereocenters. The van der Waals surface area contributed by atoms with E-state index in [0.29, 0.717) is 16.9 Å². The van der Waals surface area contributed by atoms with Crippen LogP contribution in [0.2, 0.25) is 0 Å². The van der Waals surface area contributed by atoms with Crippen LogP contribution in [-0.4, -0.2) is 10.9 Å². The lowest BCUT2D eigenvalue weighted by molar-refractivity contribution is 0.102. The molecule has 5 nitrogen and oxygen atoms in total. The number of aromatic amines is 1. The lowest BCUT2D eigenvalue weighted by Gasteiger charge is -2.11. The number of amides is 1. The largest absolute Gasteiger partial charge is 0.397 e. The molecule has 2 aromatic rings. The Bertz CT molecular complexity index is 651. The normalized spacial score (nSPS) is 10.2. The van der Waals surface area contributed by atoms with Gasteiger partial charge in [-0.15, -0.1) is 0 Å². The van der Waals surface area contributed by atoms with Crippen molar-refractivity contribution in [1.82, 2.24) is 4.98 Å². The molecule has 0 saturated heterocycles. The first-order valence-corrected chi connectivity index (χ1v) is 6.32. The molecule has 98 valence electrons. The standard InChI is InChI=1S/C13H12BrN3O2/c1-7-4-9(14)5-10(15)12(7)17-13(19)8-2-3-11(18)16-6-8/h2-6H,15H2,1H3,(H,16,18)(H,17,19). The minimum Gasteiger partial charge on any atom is -0.397 e. The van der Waals surface area contributed by atoms with Gasteiger partial charge in [0.15, 0.2) is 0 Å². The first-order chi connectivity index (χ1) is 8.97. The van der Waals surface area contributed by atoms with Crippen molar-refractivity contribution in [3.8, 4) is 0 Å². The Balaban J connectivity index is 2.29. The third-order valence-corrected chi connectivity index (χ3v) is 3.07. The van der Waals surface area contributed by atoms with Crippen LogP contribution in [0.1, 0.15) is 15.9 Å². The highest BCUT2D eigenvalue weighted by Gasteiger charge is 2.11. The summed E-state index contributed by atoms with van der Waals surface area (Å²) in [7, 11) is 0. The highest BCUT2D eigenvalue weighted by molar-refractivity contribution is 9.10. The molecule has 1 aromatic heterocycles. The number of pyridine rings is 1. The fraction of sp³-hybridized carbons (Fsp3) is 0.0769. The van der Waals surface area contributed by atoms with Gasteiger partial charge in [0.25, 0.3) is 5.91 Å². The van der Waals surface area contributed by atoms with E-state index < -0.39 is 0 Å². The number of halogens is 1. The van der Waals surface area contributed by atoms with Crippen molar-refractivity contribution in [2.24, 2.45) is 0 Å². The predicted octanol–water partition coefficient (Wildman–Crippen LogP) is 2.28. The second-order valence-electron chi connectivity index (χ2n) is 4.08. The second-order valence-corrected chi connectivity index (χ2v) is 5.00. The lowest BCUT2D eigenvalue weighted by Crippen LogP contribution is -2.16. The number of anilines is 2. The van der Waals surface area contributed by atoms with E-state index in [1.807, 2.05) is 13.0 Å². The number of nitrogens with two attached hydrogens (primary N) is 1. The highest BCUT2D eigenvalue weighted by Crippen LogP contribution is 2.28. The molecule has 0 radical (unpaired) electrons. The summed E-state index contributed by atoms with van der Waals surface area (Å²) in [4.78, 5) is 25.4. The van der Waals surface area contributed by atoms with Crippen LogP contribution in [0.3, 0.4) is 0 Å². The summed E-state index contributed by atoms with van der Waals surface area (Å²) < 4.78 is 0.851. The molecule has 0 aliphatic rings. The maximum atomic E-state index is 12.0. The summed E-state index contributed by atoms with van der Waals surface area (Å²) in [5, 5.41) is 2.73. The zero-order chi connectivity index (χ0) is 14.0. The fourth-order valence-electron chi connectivity index (χ4n) is 1.68. The zero-order valence-electron chi connectivity index (χ0n) is 10.2. The molecule has 0 fully saturated rings. The number of aryl methyl sites for hydroxylation is 1. The van der Waals surface area contributed by atoms with Gasteiger partial charge in [0, 0.05) is 16.7 Å². The van der Waals surface area contributed by atoms with Crippen LogP contribution >= 0.6 is 15.9 Å². The first kappa shape index (κ1) is 13.4. The third-order valence-electron chi connectivity index (χ3n) is 2.62. The highest BCUT2D eigenvalue weighted by atomic mass is 79.9. The molecule has 1 aromatic carbocycles. The van der Waals surface area contributed by atoms with Crippen LogP contribution in [0, 0.1) is 6.92 Å². The molecule has 19 heavy (non-hydrogen) atoms. The minimum absolute atomic E-state index is 0.254. The van der Waals surface area contributed by atoms with Gasteiger partial charge in [-0.2, -0.15) is 0 Å². The molecular weight excluding hydrogens is 310 g/mol. The van der Waals surface area contributed by atoms with Crippen molar-refractivity contribution in [3.05, 3.63) is 56.4 Å². The number of carbonyl (C=O) groups is 1. The monoisotopic (exact) mass is 321 g/mol. The van der Waals surface area contributed by atoms with Gasteiger partial charge in [0.05, 0.1) is 16.9 Å². The van der Waals surface area contributed by atoms with Crippen molar-refractivity contribution >= 4 is 33.2 Å². The van der Waals surface area contributed by atoms with Gasteiger partial charge in [-0.05, 0) is 30.7 Å². The number of aromatic nitrogens is 1. The van der Waals surface area contributed by atoms with E-state index in [2.05, 4.69) is 26.2 Å². The van der Waals surface area contributed by atoms with Crippen molar-refractivity contribution in [1.29, 1.82) is 0 Å². The number of hydrogen-bond donors (Lipinski definition) is 3. The quantitative estimate of drug-likeness (QED) is 0.741. The SMILES string of the molecule is Cc1cc(Br)cc(N)c1NC(=O)c1ccc(=O)[nH]c1. The van der Waals surface area contributed by atoms with Gasteiger partial charge in [-0.1, -0.05) is 15.9 Å². The average molecular weight is 322 g/mol. The van der Waals surface area contributed by atoms with E-state index >= 15 is 0 Å². The summed E-state index contributed by atoms with van der Waals surface area (Å²) in [5.74, 6) is -0.326. The van der Waals surface area contributed by atoms with Crippen molar-refractivity contribution in [2.45, 2.75) is 6.92 Å². The number of H-pyrrole nitrogens is 1. The minimum atomic E-state index is -0.326. The molecule has 0 saturated carbocycles. The van der Waals surface area contributed by atoms with E-state index in [4.69, 9.17) is 5.73 Å². The van der Waals surface area contributed by atoms with E-state index in [1.54, 1.807) is 6.07 Å². The van der Waals surface area contributed by atoms with Gasteiger partial charge in [0.1, 0.15) is 0 Å². The number of hydrogen-bond acceptors (Lipinski definition) is 3.